The van der Waals surface area contributed by atoms with Gasteiger partial charge in [-0.3, -0.25) is 0 Å². The van der Waals surface area contributed by atoms with Crippen LogP contribution in [0.1, 0.15) is 25.7 Å². The average molecular weight is 197 g/mol. The van der Waals surface area contributed by atoms with E-state index in [9.17, 15) is 0 Å². The highest BCUT2D eigenvalue weighted by Crippen LogP contribution is 2.24. The lowest BCUT2D eigenvalue weighted by Crippen LogP contribution is -2.38. The van der Waals surface area contributed by atoms with Crippen molar-refractivity contribution >= 4 is 0 Å². The Bertz CT molecular complexity index is 209. The van der Waals surface area contributed by atoms with Crippen molar-refractivity contribution in [2.24, 2.45) is 11.7 Å². The van der Waals surface area contributed by atoms with Crippen molar-refractivity contribution < 1.29 is 9.47 Å². The number of ether oxygens (including phenoxy) is 2. The van der Waals surface area contributed by atoms with Gasteiger partial charge in [0.2, 0.25) is 0 Å². The molecule has 2 unspecified atom stereocenters. The summed E-state index contributed by atoms with van der Waals surface area (Å²) >= 11 is 0. The molecule has 3 heteroatoms. The second-order valence-electron chi connectivity index (χ2n) is 4.17. The van der Waals surface area contributed by atoms with Crippen molar-refractivity contribution in [3.63, 3.8) is 0 Å². The summed E-state index contributed by atoms with van der Waals surface area (Å²) in [6.45, 7) is 2.56. The summed E-state index contributed by atoms with van der Waals surface area (Å²) in [5.41, 5.74) is 7.46. The van der Waals surface area contributed by atoms with Gasteiger partial charge in [0.15, 0.2) is 0 Å². The summed E-state index contributed by atoms with van der Waals surface area (Å²) in [5.74, 6) is 0.497. The van der Waals surface area contributed by atoms with E-state index in [-0.39, 0.29) is 6.04 Å². The maximum absolute atomic E-state index is 6.19. The molecular formula is C11H19NO2. The zero-order valence-corrected chi connectivity index (χ0v) is 8.58. The molecule has 0 spiro atoms. The maximum Gasteiger partial charge on any atom is 0.0876 e. The van der Waals surface area contributed by atoms with Gasteiger partial charge in [0.05, 0.1) is 19.5 Å². The fourth-order valence-corrected chi connectivity index (χ4v) is 2.18. The van der Waals surface area contributed by atoms with Gasteiger partial charge in [-0.25, -0.2) is 0 Å². The Morgan fingerprint density at radius 2 is 2.29 bits per heavy atom. The lowest BCUT2D eigenvalue weighted by atomic mass is 9.87. The van der Waals surface area contributed by atoms with Gasteiger partial charge in [-0.1, -0.05) is 0 Å². The Morgan fingerprint density at radius 3 is 2.93 bits per heavy atom. The largest absolute Gasteiger partial charge is 0.501 e. The van der Waals surface area contributed by atoms with Gasteiger partial charge >= 0.3 is 0 Å². The van der Waals surface area contributed by atoms with Gasteiger partial charge in [0, 0.05) is 18.6 Å². The summed E-state index contributed by atoms with van der Waals surface area (Å²) in [6.07, 6.45) is 6.40. The molecule has 0 amide bonds. The van der Waals surface area contributed by atoms with Crippen LogP contribution in [0.5, 0.6) is 0 Å². The van der Waals surface area contributed by atoms with Crippen molar-refractivity contribution in [2.75, 3.05) is 19.8 Å². The van der Waals surface area contributed by atoms with E-state index in [2.05, 4.69) is 0 Å². The standard InChI is InChI=1S/C11H19NO2/c12-11(9-3-1-5-13-7-9)10-4-2-6-14-8-10/h7,10-11H,1-6,8,12H2. The van der Waals surface area contributed by atoms with Crippen LogP contribution in [-0.4, -0.2) is 25.9 Å². The molecule has 80 valence electrons. The molecule has 0 aromatic rings. The third-order valence-electron chi connectivity index (χ3n) is 3.09. The van der Waals surface area contributed by atoms with E-state index in [1.807, 2.05) is 6.26 Å². The maximum atomic E-state index is 6.19. The number of rotatable bonds is 2. The second-order valence-corrected chi connectivity index (χ2v) is 4.17. The molecule has 2 heterocycles. The minimum absolute atomic E-state index is 0.149. The first-order valence-corrected chi connectivity index (χ1v) is 5.52. The molecule has 1 fully saturated rings. The van der Waals surface area contributed by atoms with Gasteiger partial charge in [-0.05, 0) is 31.3 Å². The minimum Gasteiger partial charge on any atom is -0.501 e. The van der Waals surface area contributed by atoms with Crippen LogP contribution in [0.3, 0.4) is 0 Å². The topological polar surface area (TPSA) is 44.5 Å². The predicted octanol–water partition coefficient (Wildman–Crippen LogP) is 1.43. The smallest absolute Gasteiger partial charge is 0.0876 e. The third-order valence-corrected chi connectivity index (χ3v) is 3.09. The van der Waals surface area contributed by atoms with Crippen molar-refractivity contribution in [3.8, 4) is 0 Å². The molecule has 0 aromatic heterocycles. The molecule has 2 N–H and O–H groups in total. The SMILES string of the molecule is NC(C1=COCCC1)C1CCCOC1. The average Bonchev–Trinajstić information content (AvgIpc) is 2.30. The number of nitrogens with two attached hydrogens (primary N) is 1. The molecule has 0 saturated carbocycles. The van der Waals surface area contributed by atoms with Crippen LogP contribution >= 0.6 is 0 Å². The first-order chi connectivity index (χ1) is 6.88. The number of hydrogen-bond donors (Lipinski definition) is 1. The molecule has 14 heavy (non-hydrogen) atoms. The monoisotopic (exact) mass is 197 g/mol. The quantitative estimate of drug-likeness (QED) is 0.728. The van der Waals surface area contributed by atoms with Crippen LogP contribution in [-0.2, 0) is 9.47 Å². The highest BCUT2D eigenvalue weighted by Gasteiger charge is 2.24. The Labute approximate surface area is 85.3 Å². The van der Waals surface area contributed by atoms with Crippen molar-refractivity contribution in [3.05, 3.63) is 11.8 Å². The first kappa shape index (κ1) is 9.99. The Morgan fingerprint density at radius 1 is 1.36 bits per heavy atom. The van der Waals surface area contributed by atoms with E-state index in [0.29, 0.717) is 5.92 Å². The van der Waals surface area contributed by atoms with Crippen LogP contribution in [0.25, 0.3) is 0 Å². The highest BCUT2D eigenvalue weighted by atomic mass is 16.5. The van der Waals surface area contributed by atoms with E-state index in [1.165, 1.54) is 12.0 Å². The van der Waals surface area contributed by atoms with Gasteiger partial charge in [-0.2, -0.15) is 0 Å². The predicted molar refractivity (Wildman–Crippen MR) is 54.8 cm³/mol. The molecule has 0 aliphatic carbocycles. The molecule has 2 aliphatic rings. The van der Waals surface area contributed by atoms with Crippen molar-refractivity contribution in [2.45, 2.75) is 31.7 Å². The lowest BCUT2D eigenvalue weighted by Gasteiger charge is -2.30. The molecule has 0 radical (unpaired) electrons. The number of hydrogen-bond acceptors (Lipinski definition) is 3. The Balaban J connectivity index is 1.91. The highest BCUT2D eigenvalue weighted by molar-refractivity contribution is 5.11. The van der Waals surface area contributed by atoms with E-state index >= 15 is 0 Å². The molecule has 2 aliphatic heterocycles. The zero-order valence-electron chi connectivity index (χ0n) is 8.58. The molecule has 1 saturated heterocycles. The van der Waals surface area contributed by atoms with Crippen LogP contribution in [0, 0.1) is 5.92 Å². The second kappa shape index (κ2) is 4.80. The molecule has 0 bridgehead atoms. The van der Waals surface area contributed by atoms with E-state index < -0.39 is 0 Å². The fraction of sp³-hybridized carbons (Fsp3) is 0.818. The summed E-state index contributed by atoms with van der Waals surface area (Å²) in [6, 6.07) is 0.149. The Kier molecular flexibility index (Phi) is 3.43. The summed E-state index contributed by atoms with van der Waals surface area (Å²) in [7, 11) is 0. The van der Waals surface area contributed by atoms with Gasteiger partial charge in [0.25, 0.3) is 0 Å². The molecular weight excluding hydrogens is 178 g/mol. The molecule has 0 aromatic carbocycles. The van der Waals surface area contributed by atoms with E-state index in [0.717, 1.165) is 39.1 Å². The zero-order chi connectivity index (χ0) is 9.80. The summed E-state index contributed by atoms with van der Waals surface area (Å²) < 4.78 is 10.8. The Hall–Kier alpha value is -0.540. The molecule has 2 atom stereocenters. The lowest BCUT2D eigenvalue weighted by molar-refractivity contribution is 0.0476. The van der Waals surface area contributed by atoms with Crippen LogP contribution < -0.4 is 5.73 Å². The minimum atomic E-state index is 0.149. The van der Waals surface area contributed by atoms with Crippen LogP contribution in [0.2, 0.25) is 0 Å². The van der Waals surface area contributed by atoms with E-state index in [1.54, 1.807) is 0 Å². The van der Waals surface area contributed by atoms with Gasteiger partial charge in [-0.15, -0.1) is 0 Å². The van der Waals surface area contributed by atoms with Crippen LogP contribution in [0.4, 0.5) is 0 Å². The summed E-state index contributed by atoms with van der Waals surface area (Å²) in [4.78, 5) is 0. The normalized spacial score (nSPS) is 30.4. The first-order valence-electron chi connectivity index (χ1n) is 5.52. The summed E-state index contributed by atoms with van der Waals surface area (Å²) in [5, 5.41) is 0. The molecule has 2 rings (SSSR count). The van der Waals surface area contributed by atoms with Crippen LogP contribution in [0.15, 0.2) is 11.8 Å². The fourth-order valence-electron chi connectivity index (χ4n) is 2.18. The van der Waals surface area contributed by atoms with Gasteiger partial charge < -0.3 is 15.2 Å². The third kappa shape index (κ3) is 2.28. The van der Waals surface area contributed by atoms with E-state index in [4.69, 9.17) is 15.2 Å². The molecule has 3 nitrogen and oxygen atoms in total. The van der Waals surface area contributed by atoms with Crippen molar-refractivity contribution in [1.29, 1.82) is 0 Å². The van der Waals surface area contributed by atoms with Gasteiger partial charge in [0.1, 0.15) is 0 Å². The van der Waals surface area contributed by atoms with Crippen molar-refractivity contribution in [1.82, 2.24) is 0 Å².